The lowest BCUT2D eigenvalue weighted by molar-refractivity contribution is -0.124. The van der Waals surface area contributed by atoms with E-state index in [1.54, 1.807) is 0 Å². The summed E-state index contributed by atoms with van der Waals surface area (Å²) in [5, 5.41) is 3.46. The monoisotopic (exact) mass is 227 g/mol. The van der Waals surface area contributed by atoms with Crippen molar-refractivity contribution in [2.75, 3.05) is 20.3 Å². The van der Waals surface area contributed by atoms with Gasteiger partial charge < -0.3 is 10.1 Å². The fourth-order valence-corrected chi connectivity index (χ4v) is 1.43. The van der Waals surface area contributed by atoms with E-state index in [0.29, 0.717) is 6.54 Å². The SMILES string of the molecule is COCC(=O)NCCc1cccc(Cl)c1. The average molecular weight is 228 g/mol. The molecule has 1 amide bonds. The normalized spacial score (nSPS) is 10.0. The van der Waals surface area contributed by atoms with Gasteiger partial charge in [-0.3, -0.25) is 4.79 Å². The van der Waals surface area contributed by atoms with Crippen molar-refractivity contribution in [2.45, 2.75) is 6.42 Å². The molecule has 4 heteroatoms. The first-order valence-electron chi connectivity index (χ1n) is 4.72. The van der Waals surface area contributed by atoms with Crippen molar-refractivity contribution in [1.29, 1.82) is 0 Å². The summed E-state index contributed by atoms with van der Waals surface area (Å²) < 4.78 is 4.69. The van der Waals surface area contributed by atoms with E-state index in [4.69, 9.17) is 16.3 Å². The summed E-state index contributed by atoms with van der Waals surface area (Å²) in [6, 6.07) is 7.60. The third-order valence-corrected chi connectivity index (χ3v) is 2.14. The van der Waals surface area contributed by atoms with Crippen molar-refractivity contribution in [3.05, 3.63) is 34.9 Å². The molecule has 82 valence electrons. The summed E-state index contributed by atoms with van der Waals surface area (Å²) >= 11 is 5.83. The Kier molecular flexibility index (Phi) is 5.15. The molecule has 1 N–H and O–H groups in total. The van der Waals surface area contributed by atoms with Crippen LogP contribution in [0.15, 0.2) is 24.3 Å². The van der Waals surface area contributed by atoms with Gasteiger partial charge in [-0.25, -0.2) is 0 Å². The average Bonchev–Trinajstić information content (AvgIpc) is 2.18. The van der Waals surface area contributed by atoms with Crippen LogP contribution < -0.4 is 5.32 Å². The Hall–Kier alpha value is -1.06. The summed E-state index contributed by atoms with van der Waals surface area (Å²) in [4.78, 5) is 11.0. The number of benzene rings is 1. The van der Waals surface area contributed by atoms with Gasteiger partial charge in [0.15, 0.2) is 0 Å². The number of hydrogen-bond acceptors (Lipinski definition) is 2. The molecular formula is C11H14ClNO2. The largest absolute Gasteiger partial charge is 0.375 e. The molecule has 1 aromatic carbocycles. The van der Waals surface area contributed by atoms with Gasteiger partial charge >= 0.3 is 0 Å². The lowest BCUT2D eigenvalue weighted by Crippen LogP contribution is -2.28. The van der Waals surface area contributed by atoms with Crippen LogP contribution in [0.2, 0.25) is 5.02 Å². The fraction of sp³-hybridized carbons (Fsp3) is 0.364. The van der Waals surface area contributed by atoms with Crippen LogP contribution in [-0.2, 0) is 16.0 Å². The molecule has 0 atom stereocenters. The number of halogens is 1. The van der Waals surface area contributed by atoms with Crippen LogP contribution in [0.4, 0.5) is 0 Å². The van der Waals surface area contributed by atoms with Gasteiger partial charge in [-0.15, -0.1) is 0 Å². The second kappa shape index (κ2) is 6.43. The first kappa shape index (κ1) is 12.0. The van der Waals surface area contributed by atoms with Gasteiger partial charge in [0, 0.05) is 18.7 Å². The number of methoxy groups -OCH3 is 1. The third-order valence-electron chi connectivity index (χ3n) is 1.90. The van der Waals surface area contributed by atoms with Crippen molar-refractivity contribution in [1.82, 2.24) is 5.32 Å². The molecule has 0 aliphatic carbocycles. The van der Waals surface area contributed by atoms with Gasteiger partial charge in [-0.1, -0.05) is 23.7 Å². The van der Waals surface area contributed by atoms with Crippen molar-refractivity contribution in [3.8, 4) is 0 Å². The molecule has 3 nitrogen and oxygen atoms in total. The van der Waals surface area contributed by atoms with Crippen molar-refractivity contribution in [3.63, 3.8) is 0 Å². The second-order valence-corrected chi connectivity index (χ2v) is 3.60. The van der Waals surface area contributed by atoms with Crippen LogP contribution in [0, 0.1) is 0 Å². The highest BCUT2D eigenvalue weighted by atomic mass is 35.5. The van der Waals surface area contributed by atoms with E-state index >= 15 is 0 Å². The maximum Gasteiger partial charge on any atom is 0.245 e. The molecule has 15 heavy (non-hydrogen) atoms. The maximum atomic E-state index is 11.0. The van der Waals surface area contributed by atoms with Crippen LogP contribution in [-0.4, -0.2) is 26.2 Å². The number of ether oxygens (including phenoxy) is 1. The van der Waals surface area contributed by atoms with Crippen LogP contribution >= 0.6 is 11.6 Å². The second-order valence-electron chi connectivity index (χ2n) is 3.16. The summed E-state index contributed by atoms with van der Waals surface area (Å²) in [5.41, 5.74) is 1.11. The molecule has 1 rings (SSSR count). The standard InChI is InChI=1S/C11H14ClNO2/c1-15-8-11(14)13-6-5-9-3-2-4-10(12)7-9/h2-4,7H,5-6,8H2,1H3,(H,13,14). The molecule has 0 heterocycles. The molecule has 0 bridgehead atoms. The molecule has 0 saturated carbocycles. The minimum atomic E-state index is -0.0977. The van der Waals surface area contributed by atoms with E-state index in [1.807, 2.05) is 24.3 Å². The van der Waals surface area contributed by atoms with E-state index in [0.717, 1.165) is 17.0 Å². The number of amides is 1. The van der Waals surface area contributed by atoms with Crippen molar-refractivity contribution >= 4 is 17.5 Å². The summed E-state index contributed by atoms with van der Waals surface area (Å²) in [7, 11) is 1.50. The molecule has 0 saturated heterocycles. The number of hydrogen-bond donors (Lipinski definition) is 1. The molecule has 1 aromatic rings. The van der Waals surface area contributed by atoms with Crippen LogP contribution in [0.1, 0.15) is 5.56 Å². The molecule has 0 aliphatic heterocycles. The van der Waals surface area contributed by atoms with E-state index in [-0.39, 0.29) is 12.5 Å². The van der Waals surface area contributed by atoms with Gasteiger partial charge in [-0.05, 0) is 24.1 Å². The fourth-order valence-electron chi connectivity index (χ4n) is 1.22. The summed E-state index contributed by atoms with van der Waals surface area (Å²) in [5.74, 6) is -0.0977. The lowest BCUT2D eigenvalue weighted by Gasteiger charge is -2.04. The number of rotatable bonds is 5. The number of carbonyl (C=O) groups excluding carboxylic acids is 1. The Morgan fingerprint density at radius 2 is 2.33 bits per heavy atom. The van der Waals surface area contributed by atoms with E-state index in [1.165, 1.54) is 7.11 Å². The van der Waals surface area contributed by atoms with Crippen molar-refractivity contribution < 1.29 is 9.53 Å². The van der Waals surface area contributed by atoms with Crippen LogP contribution in [0.5, 0.6) is 0 Å². The predicted molar refractivity (Wildman–Crippen MR) is 60.0 cm³/mol. The summed E-state index contributed by atoms with van der Waals surface area (Å²) in [6.45, 7) is 0.706. The Bertz CT molecular complexity index is 328. The van der Waals surface area contributed by atoms with E-state index in [9.17, 15) is 4.79 Å². The minimum Gasteiger partial charge on any atom is -0.375 e. The quantitative estimate of drug-likeness (QED) is 0.831. The van der Waals surface area contributed by atoms with Gasteiger partial charge in [0.1, 0.15) is 6.61 Å². The zero-order valence-corrected chi connectivity index (χ0v) is 9.38. The number of carbonyl (C=O) groups is 1. The lowest BCUT2D eigenvalue weighted by atomic mass is 10.1. The maximum absolute atomic E-state index is 11.0. The zero-order chi connectivity index (χ0) is 11.1. The first-order chi connectivity index (χ1) is 7.22. The molecule has 0 radical (unpaired) electrons. The topological polar surface area (TPSA) is 38.3 Å². The molecule has 0 aromatic heterocycles. The van der Waals surface area contributed by atoms with Gasteiger partial charge in [0.05, 0.1) is 0 Å². The van der Waals surface area contributed by atoms with Gasteiger partial charge in [0.25, 0.3) is 0 Å². The van der Waals surface area contributed by atoms with E-state index in [2.05, 4.69) is 5.32 Å². The minimum absolute atomic E-state index is 0.0977. The smallest absolute Gasteiger partial charge is 0.245 e. The van der Waals surface area contributed by atoms with E-state index < -0.39 is 0 Å². The van der Waals surface area contributed by atoms with Gasteiger partial charge in [-0.2, -0.15) is 0 Å². The van der Waals surface area contributed by atoms with Crippen LogP contribution in [0.25, 0.3) is 0 Å². The predicted octanol–water partition coefficient (Wildman–Crippen LogP) is 1.65. The Labute approximate surface area is 94.4 Å². The highest BCUT2D eigenvalue weighted by Crippen LogP contribution is 2.10. The molecule has 0 unspecified atom stereocenters. The molecule has 0 spiro atoms. The Morgan fingerprint density at radius 3 is 3.00 bits per heavy atom. The first-order valence-corrected chi connectivity index (χ1v) is 5.10. The molecular weight excluding hydrogens is 214 g/mol. The van der Waals surface area contributed by atoms with Crippen molar-refractivity contribution in [2.24, 2.45) is 0 Å². The van der Waals surface area contributed by atoms with Gasteiger partial charge in [0.2, 0.25) is 5.91 Å². The molecule has 0 aliphatic rings. The van der Waals surface area contributed by atoms with Crippen LogP contribution in [0.3, 0.4) is 0 Å². The zero-order valence-electron chi connectivity index (χ0n) is 8.63. The highest BCUT2D eigenvalue weighted by molar-refractivity contribution is 6.30. The Morgan fingerprint density at radius 1 is 1.53 bits per heavy atom. The molecule has 0 fully saturated rings. The Balaban J connectivity index is 2.28. The third kappa shape index (κ3) is 4.81. The summed E-state index contributed by atoms with van der Waals surface area (Å²) in [6.07, 6.45) is 0.774. The number of nitrogens with one attached hydrogen (secondary N) is 1. The highest BCUT2D eigenvalue weighted by Gasteiger charge is 1.99.